The van der Waals surface area contributed by atoms with Crippen molar-refractivity contribution in [1.29, 1.82) is 0 Å². The molecule has 0 amide bonds. The summed E-state index contributed by atoms with van der Waals surface area (Å²) in [4.78, 5) is 0. The molecule has 0 heterocycles. The van der Waals surface area contributed by atoms with E-state index in [9.17, 15) is 18.3 Å². The number of rotatable bonds is 3. The van der Waals surface area contributed by atoms with Gasteiger partial charge < -0.3 is 10.4 Å². The van der Waals surface area contributed by atoms with Crippen molar-refractivity contribution < 1.29 is 18.3 Å². The van der Waals surface area contributed by atoms with E-state index in [0.29, 0.717) is 19.4 Å². The quantitative estimate of drug-likeness (QED) is 0.770. The summed E-state index contributed by atoms with van der Waals surface area (Å²) in [6, 6.07) is 0. The molecule has 2 unspecified atom stereocenters. The fraction of sp³-hybridized carbons (Fsp3) is 1.00. The molecule has 0 bridgehead atoms. The highest BCUT2D eigenvalue weighted by atomic mass is 19.4. The molecule has 0 aromatic carbocycles. The number of nitrogens with one attached hydrogen (secondary N) is 1. The normalized spacial score (nSPS) is 33.0. The molecule has 1 saturated carbocycles. The van der Waals surface area contributed by atoms with Gasteiger partial charge in [0.1, 0.15) is 0 Å². The van der Waals surface area contributed by atoms with E-state index in [0.717, 1.165) is 6.42 Å². The number of halogens is 3. The molecule has 2 atom stereocenters. The summed E-state index contributed by atoms with van der Waals surface area (Å²) in [6.45, 7) is 0.707. The minimum atomic E-state index is -4.48. The SMILES string of the molecule is CNCCC1CCCC(O)(C(F)(F)F)C1. The fourth-order valence-corrected chi connectivity index (χ4v) is 2.22. The maximum Gasteiger partial charge on any atom is 0.417 e. The molecule has 0 aromatic heterocycles. The average Bonchev–Trinajstić information content (AvgIpc) is 2.13. The van der Waals surface area contributed by atoms with Gasteiger partial charge in [-0.05, 0) is 45.2 Å². The lowest BCUT2D eigenvalue weighted by atomic mass is 9.76. The van der Waals surface area contributed by atoms with Crippen molar-refractivity contribution in [1.82, 2.24) is 5.32 Å². The van der Waals surface area contributed by atoms with Gasteiger partial charge in [-0.1, -0.05) is 6.42 Å². The molecule has 15 heavy (non-hydrogen) atoms. The van der Waals surface area contributed by atoms with Crippen LogP contribution in [-0.2, 0) is 0 Å². The van der Waals surface area contributed by atoms with E-state index in [2.05, 4.69) is 5.32 Å². The molecule has 1 aliphatic rings. The molecular formula is C10H18F3NO. The standard InChI is InChI=1S/C10H18F3NO/c1-14-6-4-8-3-2-5-9(15,7-8)10(11,12)13/h8,14-15H,2-7H2,1H3. The average molecular weight is 225 g/mol. The van der Waals surface area contributed by atoms with Gasteiger partial charge >= 0.3 is 6.18 Å². The van der Waals surface area contributed by atoms with Crippen LogP contribution in [0.25, 0.3) is 0 Å². The summed E-state index contributed by atoms with van der Waals surface area (Å²) >= 11 is 0. The first kappa shape index (κ1) is 12.8. The van der Waals surface area contributed by atoms with E-state index >= 15 is 0 Å². The van der Waals surface area contributed by atoms with Gasteiger partial charge in [-0.25, -0.2) is 0 Å². The lowest BCUT2D eigenvalue weighted by Crippen LogP contribution is -2.48. The predicted octanol–water partition coefficient (Wildman–Crippen LogP) is 2.08. The Kier molecular flexibility index (Phi) is 4.00. The van der Waals surface area contributed by atoms with Gasteiger partial charge in [-0.2, -0.15) is 13.2 Å². The molecule has 1 aliphatic carbocycles. The van der Waals surface area contributed by atoms with Crippen molar-refractivity contribution in [2.24, 2.45) is 5.92 Å². The number of alkyl halides is 3. The Hall–Kier alpha value is -0.290. The van der Waals surface area contributed by atoms with Crippen molar-refractivity contribution in [3.63, 3.8) is 0 Å². The monoisotopic (exact) mass is 225 g/mol. The van der Waals surface area contributed by atoms with Gasteiger partial charge in [0.05, 0.1) is 0 Å². The summed E-state index contributed by atoms with van der Waals surface area (Å²) < 4.78 is 37.7. The predicted molar refractivity (Wildman–Crippen MR) is 51.5 cm³/mol. The van der Waals surface area contributed by atoms with Crippen LogP contribution in [0.15, 0.2) is 0 Å². The van der Waals surface area contributed by atoms with Gasteiger partial charge in [0.15, 0.2) is 5.60 Å². The van der Waals surface area contributed by atoms with E-state index in [4.69, 9.17) is 0 Å². The first-order chi connectivity index (χ1) is 6.89. The Balaban J connectivity index is 2.55. The Morgan fingerprint density at radius 1 is 1.47 bits per heavy atom. The molecular weight excluding hydrogens is 207 g/mol. The highest BCUT2D eigenvalue weighted by Gasteiger charge is 2.55. The second-order valence-corrected chi connectivity index (χ2v) is 4.38. The van der Waals surface area contributed by atoms with E-state index in [1.165, 1.54) is 0 Å². The minimum absolute atomic E-state index is 0.0159. The van der Waals surface area contributed by atoms with Crippen LogP contribution in [0.3, 0.4) is 0 Å². The number of aliphatic hydroxyl groups is 1. The molecule has 0 radical (unpaired) electrons. The third-order valence-corrected chi connectivity index (χ3v) is 3.16. The second kappa shape index (κ2) is 4.70. The molecule has 0 spiro atoms. The molecule has 0 aliphatic heterocycles. The van der Waals surface area contributed by atoms with Gasteiger partial charge in [-0.15, -0.1) is 0 Å². The highest BCUT2D eigenvalue weighted by molar-refractivity contribution is 4.92. The fourth-order valence-electron chi connectivity index (χ4n) is 2.22. The molecule has 0 aromatic rings. The van der Waals surface area contributed by atoms with Crippen LogP contribution in [0.5, 0.6) is 0 Å². The van der Waals surface area contributed by atoms with E-state index in [1.807, 2.05) is 0 Å². The number of hydrogen-bond donors (Lipinski definition) is 2. The summed E-state index contributed by atoms with van der Waals surface area (Å²) in [5.74, 6) is -0.0159. The lowest BCUT2D eigenvalue weighted by molar-refractivity contribution is -0.274. The first-order valence-corrected chi connectivity index (χ1v) is 5.33. The van der Waals surface area contributed by atoms with Crippen LogP contribution in [0.1, 0.15) is 32.1 Å². The van der Waals surface area contributed by atoms with Crippen molar-refractivity contribution in [2.45, 2.75) is 43.9 Å². The molecule has 90 valence electrons. The maximum absolute atomic E-state index is 12.6. The smallest absolute Gasteiger partial charge is 0.380 e. The Morgan fingerprint density at radius 2 is 2.13 bits per heavy atom. The van der Waals surface area contributed by atoms with Crippen molar-refractivity contribution in [3.05, 3.63) is 0 Å². The topological polar surface area (TPSA) is 32.3 Å². The zero-order valence-corrected chi connectivity index (χ0v) is 8.90. The minimum Gasteiger partial charge on any atom is -0.380 e. The first-order valence-electron chi connectivity index (χ1n) is 5.33. The van der Waals surface area contributed by atoms with Gasteiger partial charge in [0.2, 0.25) is 0 Å². The molecule has 0 saturated heterocycles. The van der Waals surface area contributed by atoms with E-state index in [1.54, 1.807) is 7.05 Å². The van der Waals surface area contributed by atoms with Gasteiger partial charge in [0.25, 0.3) is 0 Å². The molecule has 1 fully saturated rings. The van der Waals surface area contributed by atoms with Crippen LogP contribution in [0.4, 0.5) is 13.2 Å². The third-order valence-electron chi connectivity index (χ3n) is 3.16. The van der Waals surface area contributed by atoms with Crippen LogP contribution in [0.2, 0.25) is 0 Å². The van der Waals surface area contributed by atoms with Gasteiger partial charge in [-0.3, -0.25) is 0 Å². The Morgan fingerprint density at radius 3 is 2.67 bits per heavy atom. The van der Waals surface area contributed by atoms with Crippen molar-refractivity contribution >= 4 is 0 Å². The Bertz CT molecular complexity index is 207. The highest BCUT2D eigenvalue weighted by Crippen LogP contribution is 2.44. The van der Waals surface area contributed by atoms with Crippen molar-refractivity contribution in [3.8, 4) is 0 Å². The van der Waals surface area contributed by atoms with E-state index in [-0.39, 0.29) is 18.8 Å². The molecule has 2 N–H and O–H groups in total. The summed E-state index contributed by atoms with van der Waals surface area (Å²) in [6.07, 6.45) is -2.81. The summed E-state index contributed by atoms with van der Waals surface area (Å²) in [5, 5.41) is 12.5. The van der Waals surface area contributed by atoms with Crippen molar-refractivity contribution in [2.75, 3.05) is 13.6 Å². The number of hydrogen-bond acceptors (Lipinski definition) is 2. The largest absolute Gasteiger partial charge is 0.417 e. The zero-order chi connectivity index (χ0) is 11.5. The zero-order valence-electron chi connectivity index (χ0n) is 8.90. The summed E-state index contributed by atoms with van der Waals surface area (Å²) in [5.41, 5.74) is -2.44. The Labute approximate surface area is 87.9 Å². The van der Waals surface area contributed by atoms with E-state index < -0.39 is 11.8 Å². The van der Waals surface area contributed by atoms with Crippen LogP contribution in [-0.4, -0.2) is 30.5 Å². The maximum atomic E-state index is 12.6. The van der Waals surface area contributed by atoms with Crippen LogP contribution < -0.4 is 5.32 Å². The summed E-state index contributed by atoms with van der Waals surface area (Å²) in [7, 11) is 1.78. The second-order valence-electron chi connectivity index (χ2n) is 4.38. The lowest BCUT2D eigenvalue weighted by Gasteiger charge is -2.38. The molecule has 2 nitrogen and oxygen atoms in total. The molecule has 1 rings (SSSR count). The van der Waals surface area contributed by atoms with Crippen LogP contribution >= 0.6 is 0 Å². The molecule has 5 heteroatoms. The van der Waals surface area contributed by atoms with Gasteiger partial charge in [0, 0.05) is 0 Å². The van der Waals surface area contributed by atoms with Crippen LogP contribution in [0, 0.1) is 5.92 Å². The third kappa shape index (κ3) is 3.08.